The van der Waals surface area contributed by atoms with E-state index < -0.39 is 0 Å². The summed E-state index contributed by atoms with van der Waals surface area (Å²) in [5.74, 6) is 2.19. The zero-order chi connectivity index (χ0) is 18.1. The number of hydrogen-bond acceptors (Lipinski definition) is 5. The number of amides is 1. The summed E-state index contributed by atoms with van der Waals surface area (Å²) in [6.07, 6.45) is 2.76. The minimum Gasteiger partial charge on any atom is -0.497 e. The molecule has 0 saturated carbocycles. The molecule has 0 aliphatic heterocycles. The second-order valence-corrected chi connectivity index (χ2v) is 5.80. The maximum Gasteiger partial charge on any atom is 0.226 e. The van der Waals surface area contributed by atoms with Crippen molar-refractivity contribution in [2.45, 2.75) is 32.6 Å². The van der Waals surface area contributed by atoms with E-state index in [9.17, 15) is 4.79 Å². The van der Waals surface area contributed by atoms with Crippen LogP contribution in [0.3, 0.4) is 0 Å². The number of benzene rings is 1. The van der Waals surface area contributed by atoms with Crippen molar-refractivity contribution in [2.24, 2.45) is 0 Å². The third kappa shape index (κ3) is 5.90. The van der Waals surface area contributed by atoms with Crippen LogP contribution in [0.2, 0.25) is 0 Å². The van der Waals surface area contributed by atoms with Crippen LogP contribution in [0.15, 0.2) is 28.7 Å². The van der Waals surface area contributed by atoms with E-state index in [4.69, 9.17) is 13.9 Å². The van der Waals surface area contributed by atoms with Gasteiger partial charge in [-0.3, -0.25) is 4.79 Å². The Kier molecular flexibility index (Phi) is 7.47. The Hall–Kier alpha value is -2.34. The summed E-state index contributed by atoms with van der Waals surface area (Å²) in [7, 11) is 3.29. The summed E-state index contributed by atoms with van der Waals surface area (Å²) in [6, 6.07) is 7.61. The maximum atomic E-state index is 11.8. The Morgan fingerprint density at radius 3 is 2.88 bits per heavy atom. The van der Waals surface area contributed by atoms with Gasteiger partial charge in [0.1, 0.15) is 11.5 Å². The number of hydrogen-bond donors (Lipinski definition) is 1. The van der Waals surface area contributed by atoms with E-state index in [0.29, 0.717) is 31.9 Å². The van der Waals surface area contributed by atoms with Crippen LogP contribution in [0.5, 0.6) is 5.75 Å². The lowest BCUT2D eigenvalue weighted by molar-refractivity contribution is -0.121. The topological polar surface area (TPSA) is 73.6 Å². The molecule has 1 aromatic carbocycles. The Labute approximate surface area is 148 Å². The molecule has 1 amide bonds. The number of nitrogens with zero attached hydrogens (tertiary/aromatic N) is 1. The molecule has 1 aromatic heterocycles. The Morgan fingerprint density at radius 2 is 2.12 bits per heavy atom. The molecule has 0 aliphatic carbocycles. The van der Waals surface area contributed by atoms with Gasteiger partial charge in [-0.15, -0.1) is 0 Å². The van der Waals surface area contributed by atoms with Gasteiger partial charge in [0.2, 0.25) is 11.8 Å². The van der Waals surface area contributed by atoms with Crippen molar-refractivity contribution in [3.63, 3.8) is 0 Å². The average molecular weight is 346 g/mol. The summed E-state index contributed by atoms with van der Waals surface area (Å²) in [5.41, 5.74) is 1.77. The highest BCUT2D eigenvalue weighted by Gasteiger charge is 2.12. The molecule has 0 bridgehead atoms. The van der Waals surface area contributed by atoms with Gasteiger partial charge in [-0.1, -0.05) is 6.07 Å². The predicted molar refractivity (Wildman–Crippen MR) is 95.7 cm³/mol. The fraction of sp³-hybridized carbons (Fsp3) is 0.474. The number of methoxy groups -OCH3 is 2. The summed E-state index contributed by atoms with van der Waals surface area (Å²) in [4.78, 5) is 16.3. The largest absolute Gasteiger partial charge is 0.497 e. The van der Waals surface area contributed by atoms with Crippen LogP contribution in [-0.4, -0.2) is 38.3 Å². The molecule has 0 aliphatic rings. The number of oxazole rings is 1. The first-order valence-electron chi connectivity index (χ1n) is 8.50. The lowest BCUT2D eigenvalue weighted by Crippen LogP contribution is -2.24. The Bertz CT molecular complexity index is 682. The monoisotopic (exact) mass is 346 g/mol. The second kappa shape index (κ2) is 9.84. The molecule has 25 heavy (non-hydrogen) atoms. The highest BCUT2D eigenvalue weighted by atomic mass is 16.5. The molecule has 2 aromatic rings. The average Bonchev–Trinajstić information content (AvgIpc) is 3.00. The third-order valence-corrected chi connectivity index (χ3v) is 3.87. The van der Waals surface area contributed by atoms with Crippen molar-refractivity contribution in [2.75, 3.05) is 27.4 Å². The molecule has 0 atom stereocenters. The molecule has 6 heteroatoms. The number of rotatable bonds is 10. The Morgan fingerprint density at radius 1 is 1.28 bits per heavy atom. The lowest BCUT2D eigenvalue weighted by atomic mass is 10.1. The first-order chi connectivity index (χ1) is 12.1. The molecule has 0 unspecified atom stereocenters. The summed E-state index contributed by atoms with van der Waals surface area (Å²) in [6.45, 7) is 3.21. The van der Waals surface area contributed by atoms with Gasteiger partial charge in [0.15, 0.2) is 0 Å². The highest BCUT2D eigenvalue weighted by molar-refractivity contribution is 5.75. The van der Waals surface area contributed by atoms with E-state index >= 15 is 0 Å². The van der Waals surface area contributed by atoms with Gasteiger partial charge in [0.05, 0.1) is 12.8 Å². The van der Waals surface area contributed by atoms with E-state index in [-0.39, 0.29) is 5.91 Å². The number of carbonyl (C=O) groups excluding carboxylic acids is 1. The standard InChI is InChI=1S/C19H26N2O4/c1-14-17(9-5-10-18(22)20-11-6-12-23-2)21-19(25-14)15-7-4-8-16(13-15)24-3/h4,7-8,13H,5-6,9-12H2,1-3H3,(H,20,22). The number of carbonyl (C=O) groups is 1. The van der Waals surface area contributed by atoms with Crippen LogP contribution in [0, 0.1) is 6.92 Å². The van der Waals surface area contributed by atoms with E-state index in [1.165, 1.54) is 0 Å². The molecular weight excluding hydrogens is 320 g/mol. The van der Waals surface area contributed by atoms with E-state index in [0.717, 1.165) is 35.6 Å². The van der Waals surface area contributed by atoms with Gasteiger partial charge in [0.25, 0.3) is 0 Å². The Balaban J connectivity index is 1.85. The van der Waals surface area contributed by atoms with Gasteiger partial charge in [-0.25, -0.2) is 4.98 Å². The number of ether oxygens (including phenoxy) is 2. The van der Waals surface area contributed by atoms with Crippen LogP contribution in [-0.2, 0) is 16.0 Å². The van der Waals surface area contributed by atoms with E-state index in [2.05, 4.69) is 10.3 Å². The van der Waals surface area contributed by atoms with Crippen molar-refractivity contribution < 1.29 is 18.7 Å². The third-order valence-electron chi connectivity index (χ3n) is 3.87. The number of aromatic nitrogens is 1. The zero-order valence-electron chi connectivity index (χ0n) is 15.1. The molecule has 136 valence electrons. The first kappa shape index (κ1) is 19.0. The van der Waals surface area contributed by atoms with Gasteiger partial charge in [0, 0.05) is 32.2 Å². The molecular formula is C19H26N2O4. The van der Waals surface area contributed by atoms with Gasteiger partial charge in [-0.05, 0) is 44.4 Å². The zero-order valence-corrected chi connectivity index (χ0v) is 15.1. The summed E-state index contributed by atoms with van der Waals surface area (Å²) < 4.78 is 16.0. The highest BCUT2D eigenvalue weighted by Crippen LogP contribution is 2.25. The molecule has 0 saturated heterocycles. The minimum absolute atomic E-state index is 0.0604. The van der Waals surface area contributed by atoms with Crippen molar-refractivity contribution in [3.8, 4) is 17.2 Å². The molecule has 6 nitrogen and oxygen atoms in total. The fourth-order valence-electron chi connectivity index (χ4n) is 2.49. The summed E-state index contributed by atoms with van der Waals surface area (Å²) in [5, 5.41) is 2.89. The quantitative estimate of drug-likeness (QED) is 0.669. The summed E-state index contributed by atoms with van der Waals surface area (Å²) >= 11 is 0. The minimum atomic E-state index is 0.0604. The lowest BCUT2D eigenvalue weighted by Gasteiger charge is -2.04. The van der Waals surface area contributed by atoms with Gasteiger partial charge < -0.3 is 19.2 Å². The van der Waals surface area contributed by atoms with Crippen LogP contribution in [0.1, 0.15) is 30.7 Å². The first-order valence-corrected chi connectivity index (χ1v) is 8.50. The molecule has 1 heterocycles. The van der Waals surface area contributed by atoms with Gasteiger partial charge in [-0.2, -0.15) is 0 Å². The van der Waals surface area contributed by atoms with Gasteiger partial charge >= 0.3 is 0 Å². The normalized spacial score (nSPS) is 10.7. The van der Waals surface area contributed by atoms with Crippen LogP contribution >= 0.6 is 0 Å². The molecule has 0 spiro atoms. The van der Waals surface area contributed by atoms with Crippen molar-refractivity contribution in [3.05, 3.63) is 35.7 Å². The van der Waals surface area contributed by atoms with Crippen LogP contribution in [0.4, 0.5) is 0 Å². The SMILES string of the molecule is COCCCNC(=O)CCCc1nc(-c2cccc(OC)c2)oc1C. The maximum absolute atomic E-state index is 11.8. The van der Waals surface area contributed by atoms with Crippen LogP contribution < -0.4 is 10.1 Å². The number of nitrogens with one attached hydrogen (secondary N) is 1. The van der Waals surface area contributed by atoms with Crippen molar-refractivity contribution in [1.29, 1.82) is 0 Å². The van der Waals surface area contributed by atoms with Crippen LogP contribution in [0.25, 0.3) is 11.5 Å². The predicted octanol–water partition coefficient (Wildman–Crippen LogP) is 3.13. The smallest absolute Gasteiger partial charge is 0.226 e. The van der Waals surface area contributed by atoms with Crippen molar-refractivity contribution in [1.82, 2.24) is 10.3 Å². The van der Waals surface area contributed by atoms with Crippen molar-refractivity contribution >= 4 is 5.91 Å². The molecule has 0 radical (unpaired) electrons. The molecule has 0 fully saturated rings. The molecule has 2 rings (SSSR count). The van der Waals surface area contributed by atoms with E-state index in [1.807, 2.05) is 31.2 Å². The second-order valence-electron chi connectivity index (χ2n) is 5.80. The fourth-order valence-corrected chi connectivity index (χ4v) is 2.49. The van der Waals surface area contributed by atoms with E-state index in [1.54, 1.807) is 14.2 Å². The molecule has 1 N–H and O–H groups in total. The number of aryl methyl sites for hydroxylation is 2.